The molecule has 0 bridgehead atoms. The number of benzene rings is 1. The summed E-state index contributed by atoms with van der Waals surface area (Å²) in [5.74, 6) is 0.413. The Labute approximate surface area is 111 Å². The van der Waals surface area contributed by atoms with Gasteiger partial charge in [-0.3, -0.25) is 0 Å². The minimum absolute atomic E-state index is 0.0306. The Balaban J connectivity index is 1.80. The second-order valence-corrected chi connectivity index (χ2v) is 5.73. The Morgan fingerprint density at radius 3 is 3.17 bits per heavy atom. The first-order chi connectivity index (χ1) is 8.75. The van der Waals surface area contributed by atoms with Gasteiger partial charge in [-0.1, -0.05) is 0 Å². The molecule has 0 saturated carbocycles. The fraction of sp³-hybridized carbons (Fsp3) is 0.417. The van der Waals surface area contributed by atoms with Crippen LogP contribution >= 0.6 is 0 Å². The molecule has 2 unspecified atom stereocenters. The van der Waals surface area contributed by atoms with Crippen molar-refractivity contribution in [2.75, 3.05) is 11.9 Å². The summed E-state index contributed by atoms with van der Waals surface area (Å²) < 4.78 is 8.67. The molecule has 2 aliphatic rings. The van der Waals surface area contributed by atoms with Crippen molar-refractivity contribution in [3.05, 3.63) is 18.2 Å². The van der Waals surface area contributed by atoms with Crippen molar-refractivity contribution in [3.63, 3.8) is 0 Å². The molecule has 1 aromatic carbocycles. The normalized spacial score (nSPS) is 24.7. The standard InChI is InChI=1S/C12H14N4OSe/c1-7-5-6-13-10(7)12(17)14-8-3-2-4-9-11(8)16-18-15-9/h2-4,7,10,13H,5-6H2,1H3,(H,14,17). The van der Waals surface area contributed by atoms with E-state index in [9.17, 15) is 4.79 Å². The number of nitrogens with one attached hydrogen (secondary N) is 2. The zero-order valence-electron chi connectivity index (χ0n) is 10.0. The van der Waals surface area contributed by atoms with E-state index in [1.807, 2.05) is 18.2 Å². The van der Waals surface area contributed by atoms with E-state index in [1.54, 1.807) is 0 Å². The topological polar surface area (TPSA) is 65.8 Å². The van der Waals surface area contributed by atoms with E-state index in [0.29, 0.717) is 5.92 Å². The number of amides is 1. The molecule has 2 atom stereocenters. The van der Waals surface area contributed by atoms with Crippen LogP contribution in [0.1, 0.15) is 13.3 Å². The van der Waals surface area contributed by atoms with Gasteiger partial charge in [-0.05, 0) is 0 Å². The van der Waals surface area contributed by atoms with E-state index in [-0.39, 0.29) is 26.5 Å². The fourth-order valence-electron chi connectivity index (χ4n) is 2.30. The Morgan fingerprint density at radius 1 is 1.50 bits per heavy atom. The molecule has 94 valence electrons. The van der Waals surface area contributed by atoms with Crippen molar-refractivity contribution in [1.82, 2.24) is 5.32 Å². The summed E-state index contributed by atoms with van der Waals surface area (Å²) in [6, 6.07) is 5.63. The average Bonchev–Trinajstić information content (AvgIpc) is 2.97. The van der Waals surface area contributed by atoms with Crippen molar-refractivity contribution < 1.29 is 4.79 Å². The van der Waals surface area contributed by atoms with E-state index in [0.717, 1.165) is 30.0 Å². The third-order valence-electron chi connectivity index (χ3n) is 3.36. The van der Waals surface area contributed by atoms with Crippen LogP contribution in [0.15, 0.2) is 26.1 Å². The number of rotatable bonds is 2. The molecule has 0 radical (unpaired) electrons. The van der Waals surface area contributed by atoms with E-state index in [4.69, 9.17) is 0 Å². The van der Waals surface area contributed by atoms with Gasteiger partial charge in [-0.15, -0.1) is 0 Å². The molecule has 3 rings (SSSR count). The zero-order valence-corrected chi connectivity index (χ0v) is 11.7. The van der Waals surface area contributed by atoms with Crippen LogP contribution in [-0.2, 0) is 4.79 Å². The number of hydrogen-bond acceptors (Lipinski definition) is 4. The van der Waals surface area contributed by atoms with Crippen LogP contribution in [-0.4, -0.2) is 33.1 Å². The molecule has 1 amide bonds. The van der Waals surface area contributed by atoms with Crippen LogP contribution in [0.3, 0.4) is 0 Å². The maximum absolute atomic E-state index is 12.2. The molecule has 0 aliphatic carbocycles. The summed E-state index contributed by atoms with van der Waals surface area (Å²) in [6.45, 7) is 3.01. The van der Waals surface area contributed by atoms with Gasteiger partial charge in [-0.2, -0.15) is 0 Å². The van der Waals surface area contributed by atoms with Crippen LogP contribution in [0.2, 0.25) is 0 Å². The quantitative estimate of drug-likeness (QED) is 0.833. The van der Waals surface area contributed by atoms with Crippen LogP contribution in [0, 0.1) is 5.92 Å². The van der Waals surface area contributed by atoms with Crippen LogP contribution in [0.4, 0.5) is 17.1 Å². The number of carbonyl (C=O) groups is 1. The Morgan fingerprint density at radius 2 is 2.39 bits per heavy atom. The Bertz CT molecular complexity index is 565. The zero-order chi connectivity index (χ0) is 12.5. The summed E-state index contributed by atoms with van der Waals surface area (Å²) in [6.07, 6.45) is 1.05. The number of nitrogens with zero attached hydrogens (tertiary/aromatic N) is 2. The minimum atomic E-state index is -0.0929. The Hall–Kier alpha value is -1.23. The molecule has 2 heterocycles. The van der Waals surface area contributed by atoms with Gasteiger partial charge in [0.1, 0.15) is 0 Å². The fourth-order valence-corrected chi connectivity index (χ4v) is 3.46. The van der Waals surface area contributed by atoms with E-state index < -0.39 is 0 Å². The van der Waals surface area contributed by atoms with Gasteiger partial charge in [0, 0.05) is 0 Å². The van der Waals surface area contributed by atoms with Gasteiger partial charge < -0.3 is 0 Å². The summed E-state index contributed by atoms with van der Waals surface area (Å²) in [7, 11) is 0. The second-order valence-electron chi connectivity index (χ2n) is 4.62. The molecule has 1 aromatic rings. The van der Waals surface area contributed by atoms with Crippen LogP contribution in [0.5, 0.6) is 0 Å². The van der Waals surface area contributed by atoms with Gasteiger partial charge in [0.25, 0.3) is 0 Å². The van der Waals surface area contributed by atoms with Crippen LogP contribution in [0.25, 0.3) is 0 Å². The molecule has 5 nitrogen and oxygen atoms in total. The van der Waals surface area contributed by atoms with Crippen LogP contribution < -0.4 is 10.6 Å². The van der Waals surface area contributed by atoms with Crippen molar-refractivity contribution in [1.29, 1.82) is 0 Å². The van der Waals surface area contributed by atoms with E-state index in [1.165, 1.54) is 0 Å². The van der Waals surface area contributed by atoms with Gasteiger partial charge in [0.05, 0.1) is 0 Å². The Kier molecular flexibility index (Phi) is 3.16. The molecule has 0 aromatic heterocycles. The number of fused-ring (bicyclic) bond motifs is 1. The van der Waals surface area contributed by atoms with Crippen molar-refractivity contribution in [3.8, 4) is 0 Å². The van der Waals surface area contributed by atoms with Crippen molar-refractivity contribution in [2.45, 2.75) is 19.4 Å². The SMILES string of the molecule is CC1CCNC1C(=O)Nc1cccc2c1N=[Se]=N2. The summed E-state index contributed by atoms with van der Waals surface area (Å²) in [4.78, 5) is 12.2. The van der Waals surface area contributed by atoms with Gasteiger partial charge in [-0.25, -0.2) is 0 Å². The molecule has 1 saturated heterocycles. The van der Waals surface area contributed by atoms with E-state index >= 15 is 0 Å². The molecule has 2 aliphatic heterocycles. The first-order valence-corrected chi connectivity index (χ1v) is 7.54. The van der Waals surface area contributed by atoms with Crippen molar-refractivity contribution >= 4 is 37.5 Å². The van der Waals surface area contributed by atoms with Gasteiger partial charge >= 0.3 is 111 Å². The van der Waals surface area contributed by atoms with E-state index in [2.05, 4.69) is 25.5 Å². The third-order valence-corrected chi connectivity index (χ3v) is 4.50. The summed E-state index contributed by atoms with van der Waals surface area (Å²) >= 11 is -0.0674. The number of carbonyl (C=O) groups excluding carboxylic acids is 1. The molecule has 0 spiro atoms. The molecule has 6 heteroatoms. The maximum atomic E-state index is 12.2. The summed E-state index contributed by atoms with van der Waals surface area (Å²) in [5, 5.41) is 6.20. The first kappa shape index (κ1) is 11.8. The van der Waals surface area contributed by atoms with Gasteiger partial charge in [0.15, 0.2) is 0 Å². The van der Waals surface area contributed by atoms with Crippen molar-refractivity contribution in [2.24, 2.45) is 13.8 Å². The monoisotopic (exact) mass is 310 g/mol. The summed E-state index contributed by atoms with van der Waals surface area (Å²) in [5.41, 5.74) is 2.50. The first-order valence-electron chi connectivity index (χ1n) is 6.01. The predicted molar refractivity (Wildman–Crippen MR) is 70.6 cm³/mol. The predicted octanol–water partition coefficient (Wildman–Crippen LogP) is 1.97. The molecule has 2 N–H and O–H groups in total. The molecule has 18 heavy (non-hydrogen) atoms. The second kappa shape index (κ2) is 4.80. The molecular weight excluding hydrogens is 295 g/mol. The average molecular weight is 309 g/mol. The van der Waals surface area contributed by atoms with Gasteiger partial charge in [0.2, 0.25) is 0 Å². The number of anilines is 1. The molecular formula is C12H14N4OSe. The third kappa shape index (κ3) is 2.07. The molecule has 1 fully saturated rings. The number of hydrogen-bond donors (Lipinski definition) is 2.